The Morgan fingerprint density at radius 1 is 1.09 bits per heavy atom. The van der Waals surface area contributed by atoms with Gasteiger partial charge in [-0.2, -0.15) is 0 Å². The van der Waals surface area contributed by atoms with Crippen LogP contribution in [0.4, 0.5) is 13.2 Å². The lowest BCUT2D eigenvalue weighted by Gasteiger charge is -2.43. The first-order valence-electron chi connectivity index (χ1n) is 11.3. The third-order valence-corrected chi connectivity index (χ3v) is 6.58. The zero-order valence-corrected chi connectivity index (χ0v) is 19.1. The van der Waals surface area contributed by atoms with E-state index in [2.05, 4.69) is 10.1 Å². The van der Waals surface area contributed by atoms with Crippen LogP contribution in [0.25, 0.3) is 0 Å². The second-order valence-electron chi connectivity index (χ2n) is 9.82. The molecule has 1 saturated heterocycles. The number of ketones is 1. The normalized spacial score (nSPS) is 25.2. The number of alkyl halides is 3. The number of likely N-dealkylation sites (tertiary alicyclic amines) is 1. The molecule has 1 fully saturated rings. The van der Waals surface area contributed by atoms with Gasteiger partial charge in [0.15, 0.2) is 0 Å². The number of nitrogens with zero attached hydrogens (tertiary/aromatic N) is 1. The molecule has 3 aliphatic rings. The van der Waals surface area contributed by atoms with Gasteiger partial charge in [0.1, 0.15) is 11.5 Å². The molecule has 4 rings (SSSR count). The van der Waals surface area contributed by atoms with E-state index in [0.717, 1.165) is 25.0 Å². The van der Waals surface area contributed by atoms with Gasteiger partial charge in [0.05, 0.1) is 5.92 Å². The topological polar surface area (TPSA) is 58.6 Å². The van der Waals surface area contributed by atoms with Gasteiger partial charge in [-0.3, -0.25) is 9.59 Å². The zero-order chi connectivity index (χ0) is 24.0. The van der Waals surface area contributed by atoms with E-state index >= 15 is 0 Å². The Labute approximate surface area is 191 Å². The van der Waals surface area contributed by atoms with Crippen molar-refractivity contribution in [1.82, 2.24) is 10.2 Å². The Hall–Kier alpha value is -2.77. The summed E-state index contributed by atoms with van der Waals surface area (Å²) in [7, 11) is 0. The molecule has 0 spiro atoms. The number of halogens is 3. The minimum absolute atomic E-state index is 0.0158. The standard InChI is InChI=1S/C25H29F3N2O3/c1-15-20(23(32)30-11-5-4-6-12-30)21(16-7-9-17(10-8-16)33-25(26,27)28)22-18(29-15)13-24(2,3)14-19(22)31/h7-10,13,21-22,29H,4-6,11-12,14H2,1-3H3. The van der Waals surface area contributed by atoms with Crippen LogP contribution in [0.5, 0.6) is 5.75 Å². The minimum Gasteiger partial charge on any atom is -0.406 e. The van der Waals surface area contributed by atoms with E-state index in [1.807, 2.05) is 31.7 Å². The van der Waals surface area contributed by atoms with E-state index in [1.165, 1.54) is 24.3 Å². The SMILES string of the molecule is CC1=C(C(=O)N2CCCCC2)C(c2ccc(OC(F)(F)F)cc2)C2C(=O)CC(C)(C)C=C2N1. The van der Waals surface area contributed by atoms with Crippen molar-refractivity contribution in [3.8, 4) is 5.75 Å². The highest BCUT2D eigenvalue weighted by molar-refractivity contribution is 5.99. The van der Waals surface area contributed by atoms with Crippen molar-refractivity contribution in [3.63, 3.8) is 0 Å². The molecule has 8 heteroatoms. The number of nitrogens with one attached hydrogen (secondary N) is 1. The fourth-order valence-corrected chi connectivity index (χ4v) is 5.25. The van der Waals surface area contributed by atoms with Crippen molar-refractivity contribution >= 4 is 11.7 Å². The van der Waals surface area contributed by atoms with Crippen LogP contribution in [0.1, 0.15) is 57.9 Å². The number of amides is 1. The summed E-state index contributed by atoms with van der Waals surface area (Å²) in [4.78, 5) is 28.8. The van der Waals surface area contributed by atoms with Gasteiger partial charge >= 0.3 is 6.36 Å². The van der Waals surface area contributed by atoms with Crippen LogP contribution in [0, 0.1) is 11.3 Å². The van der Waals surface area contributed by atoms with E-state index in [4.69, 9.17) is 0 Å². The van der Waals surface area contributed by atoms with Crippen LogP contribution >= 0.6 is 0 Å². The molecule has 0 bridgehead atoms. The molecule has 2 heterocycles. The number of hydrogen-bond acceptors (Lipinski definition) is 4. The molecule has 1 aromatic rings. The molecule has 2 atom stereocenters. The molecule has 1 aliphatic carbocycles. The van der Waals surface area contributed by atoms with Crippen LogP contribution < -0.4 is 10.1 Å². The monoisotopic (exact) mass is 462 g/mol. The molecule has 5 nitrogen and oxygen atoms in total. The molecular weight excluding hydrogens is 433 g/mol. The van der Waals surface area contributed by atoms with Crippen molar-refractivity contribution in [1.29, 1.82) is 0 Å². The maximum atomic E-state index is 13.6. The van der Waals surface area contributed by atoms with Crippen molar-refractivity contribution < 1.29 is 27.5 Å². The number of carbonyl (C=O) groups excluding carboxylic acids is 2. The Kier molecular flexibility index (Phi) is 6.05. The fourth-order valence-electron chi connectivity index (χ4n) is 5.25. The summed E-state index contributed by atoms with van der Waals surface area (Å²) in [6.07, 6.45) is 0.524. The van der Waals surface area contributed by atoms with Crippen LogP contribution in [0.15, 0.2) is 47.3 Å². The first-order chi connectivity index (χ1) is 15.5. The van der Waals surface area contributed by atoms with Crippen molar-refractivity contribution in [2.45, 2.75) is 58.7 Å². The molecule has 2 unspecified atom stereocenters. The highest BCUT2D eigenvalue weighted by Gasteiger charge is 2.46. The lowest BCUT2D eigenvalue weighted by molar-refractivity contribution is -0.274. The van der Waals surface area contributed by atoms with E-state index in [1.54, 1.807) is 0 Å². The summed E-state index contributed by atoms with van der Waals surface area (Å²) in [6, 6.07) is 5.53. The zero-order valence-electron chi connectivity index (χ0n) is 19.1. The Bertz CT molecular complexity index is 1000. The van der Waals surface area contributed by atoms with Crippen LogP contribution in [0.2, 0.25) is 0 Å². The molecule has 1 amide bonds. The average Bonchev–Trinajstić information content (AvgIpc) is 2.71. The maximum Gasteiger partial charge on any atom is 0.573 e. The van der Waals surface area contributed by atoms with Gasteiger partial charge in [0.25, 0.3) is 5.91 Å². The Morgan fingerprint density at radius 3 is 2.33 bits per heavy atom. The van der Waals surface area contributed by atoms with Gasteiger partial charge in [0.2, 0.25) is 0 Å². The van der Waals surface area contributed by atoms with Gasteiger partial charge in [-0.1, -0.05) is 32.1 Å². The highest BCUT2D eigenvalue weighted by Crippen LogP contribution is 2.47. The summed E-state index contributed by atoms with van der Waals surface area (Å²) < 4.78 is 41.9. The van der Waals surface area contributed by atoms with E-state index in [-0.39, 0.29) is 22.9 Å². The number of hydrogen-bond donors (Lipinski definition) is 1. The Morgan fingerprint density at radius 2 is 1.73 bits per heavy atom. The van der Waals surface area contributed by atoms with Crippen molar-refractivity contribution in [3.05, 3.63) is 52.9 Å². The van der Waals surface area contributed by atoms with Gasteiger partial charge in [-0.15, -0.1) is 13.2 Å². The average molecular weight is 463 g/mol. The number of benzene rings is 1. The number of allylic oxidation sites excluding steroid dienone is 3. The third-order valence-electron chi connectivity index (χ3n) is 6.58. The van der Waals surface area contributed by atoms with Gasteiger partial charge < -0.3 is 15.0 Å². The van der Waals surface area contributed by atoms with Gasteiger partial charge in [0, 0.05) is 42.4 Å². The summed E-state index contributed by atoms with van der Waals surface area (Å²) >= 11 is 0. The first-order valence-corrected chi connectivity index (χ1v) is 11.3. The molecule has 0 saturated carbocycles. The fraction of sp³-hybridized carbons (Fsp3) is 0.520. The van der Waals surface area contributed by atoms with Crippen LogP contribution in [0.3, 0.4) is 0 Å². The highest BCUT2D eigenvalue weighted by atomic mass is 19.4. The molecule has 1 aromatic carbocycles. The quantitative estimate of drug-likeness (QED) is 0.683. The summed E-state index contributed by atoms with van der Waals surface area (Å²) in [5.74, 6) is -1.59. The number of piperidine rings is 1. The summed E-state index contributed by atoms with van der Waals surface area (Å²) in [5, 5.41) is 3.32. The smallest absolute Gasteiger partial charge is 0.406 e. The summed E-state index contributed by atoms with van der Waals surface area (Å²) in [5.41, 5.74) is 2.24. The van der Waals surface area contributed by atoms with Crippen LogP contribution in [-0.4, -0.2) is 36.0 Å². The lowest BCUT2D eigenvalue weighted by Crippen LogP contribution is -2.46. The van der Waals surface area contributed by atoms with E-state index in [9.17, 15) is 22.8 Å². The Balaban J connectivity index is 1.78. The minimum atomic E-state index is -4.79. The largest absolute Gasteiger partial charge is 0.573 e. The second kappa shape index (κ2) is 8.54. The van der Waals surface area contributed by atoms with Gasteiger partial charge in [-0.05, 0) is 49.3 Å². The van der Waals surface area contributed by atoms with Crippen LogP contribution in [-0.2, 0) is 9.59 Å². The molecule has 1 N–H and O–H groups in total. The molecule has 0 aromatic heterocycles. The van der Waals surface area contributed by atoms with E-state index < -0.39 is 18.2 Å². The number of rotatable bonds is 3. The predicted octanol–water partition coefficient (Wildman–Crippen LogP) is 5.06. The molecular formula is C25H29F3N2O3. The maximum absolute atomic E-state index is 13.6. The summed E-state index contributed by atoms with van der Waals surface area (Å²) in [6.45, 7) is 7.13. The second-order valence-corrected chi connectivity index (χ2v) is 9.82. The molecule has 0 radical (unpaired) electrons. The first kappa shape index (κ1) is 23.4. The van der Waals surface area contributed by atoms with E-state index in [0.29, 0.717) is 36.3 Å². The van der Waals surface area contributed by atoms with Crippen molar-refractivity contribution in [2.75, 3.05) is 13.1 Å². The lowest BCUT2D eigenvalue weighted by atomic mass is 9.66. The van der Waals surface area contributed by atoms with Crippen molar-refractivity contribution in [2.24, 2.45) is 11.3 Å². The third kappa shape index (κ3) is 4.94. The number of ether oxygens (including phenoxy) is 1. The number of Topliss-reactive ketones (excluding diaryl/α,β-unsaturated/α-hetero) is 1. The number of fused-ring (bicyclic) bond motifs is 1. The molecule has 178 valence electrons. The number of carbonyl (C=O) groups is 2. The predicted molar refractivity (Wildman–Crippen MR) is 117 cm³/mol. The molecule has 33 heavy (non-hydrogen) atoms. The van der Waals surface area contributed by atoms with Gasteiger partial charge in [-0.25, -0.2) is 0 Å². The molecule has 2 aliphatic heterocycles.